The van der Waals surface area contributed by atoms with Gasteiger partial charge in [0.25, 0.3) is 0 Å². The van der Waals surface area contributed by atoms with E-state index in [-0.39, 0.29) is 6.04 Å². The van der Waals surface area contributed by atoms with E-state index in [0.717, 1.165) is 57.8 Å². The number of piperazine rings is 1. The standard InChI is InChI=1S/C18H28N2O3/c1-2-23-16-5-3-4-15(18(16)21)17(14-6-12-22-13-7-14)20-10-8-19-9-11-20/h3-5,14,17,19,21H,2,6-13H2,1H3/t17-/m1/s1. The number of nitrogens with one attached hydrogen (secondary N) is 1. The molecule has 2 aliphatic heterocycles. The molecule has 0 aliphatic carbocycles. The zero-order valence-corrected chi connectivity index (χ0v) is 14.0. The number of ether oxygens (including phenoxy) is 2. The molecule has 23 heavy (non-hydrogen) atoms. The summed E-state index contributed by atoms with van der Waals surface area (Å²) in [5, 5.41) is 14.2. The molecule has 0 unspecified atom stereocenters. The molecule has 0 aromatic heterocycles. The molecule has 1 atom stereocenters. The fourth-order valence-corrected chi connectivity index (χ4v) is 3.79. The van der Waals surface area contributed by atoms with Crippen LogP contribution in [0.2, 0.25) is 0 Å². The zero-order chi connectivity index (χ0) is 16.1. The quantitative estimate of drug-likeness (QED) is 0.871. The van der Waals surface area contributed by atoms with E-state index in [4.69, 9.17) is 9.47 Å². The van der Waals surface area contributed by atoms with E-state index in [0.29, 0.717) is 24.0 Å². The molecule has 0 spiro atoms. The highest BCUT2D eigenvalue weighted by atomic mass is 16.5. The van der Waals surface area contributed by atoms with E-state index >= 15 is 0 Å². The summed E-state index contributed by atoms with van der Waals surface area (Å²) in [7, 11) is 0. The molecule has 2 fully saturated rings. The van der Waals surface area contributed by atoms with Crippen LogP contribution in [0.5, 0.6) is 11.5 Å². The van der Waals surface area contributed by atoms with Crippen LogP contribution in [0, 0.1) is 5.92 Å². The third kappa shape index (κ3) is 3.79. The minimum absolute atomic E-state index is 0.237. The molecular weight excluding hydrogens is 292 g/mol. The summed E-state index contributed by atoms with van der Waals surface area (Å²) in [5.41, 5.74) is 1.00. The van der Waals surface area contributed by atoms with Crippen molar-refractivity contribution in [2.24, 2.45) is 5.92 Å². The minimum Gasteiger partial charge on any atom is -0.504 e. The molecule has 1 aromatic carbocycles. The van der Waals surface area contributed by atoms with Gasteiger partial charge in [0.1, 0.15) is 0 Å². The van der Waals surface area contributed by atoms with Crippen LogP contribution < -0.4 is 10.1 Å². The SMILES string of the molecule is CCOc1cccc([C@@H](C2CCOCC2)N2CCNCC2)c1O. The summed E-state index contributed by atoms with van der Waals surface area (Å²) >= 11 is 0. The lowest BCUT2D eigenvalue weighted by molar-refractivity contribution is 0.0205. The predicted octanol–water partition coefficient (Wildman–Crippen LogP) is 2.16. The van der Waals surface area contributed by atoms with Crippen LogP contribution in [0.4, 0.5) is 0 Å². The monoisotopic (exact) mass is 320 g/mol. The number of phenols is 1. The number of rotatable bonds is 5. The summed E-state index contributed by atoms with van der Waals surface area (Å²) in [6.45, 7) is 8.18. The van der Waals surface area contributed by atoms with E-state index in [1.807, 2.05) is 19.1 Å². The lowest BCUT2D eigenvalue weighted by atomic mass is 9.85. The Morgan fingerprint density at radius 2 is 2.04 bits per heavy atom. The number of hydrogen-bond donors (Lipinski definition) is 2. The first kappa shape index (κ1) is 16.6. The van der Waals surface area contributed by atoms with Gasteiger partial charge in [-0.2, -0.15) is 0 Å². The lowest BCUT2D eigenvalue weighted by Crippen LogP contribution is -2.47. The second-order valence-electron chi connectivity index (χ2n) is 6.31. The number of benzene rings is 1. The Morgan fingerprint density at radius 3 is 2.74 bits per heavy atom. The molecule has 5 nitrogen and oxygen atoms in total. The van der Waals surface area contributed by atoms with Crippen molar-refractivity contribution in [3.05, 3.63) is 23.8 Å². The maximum Gasteiger partial charge on any atom is 0.162 e. The first-order chi connectivity index (χ1) is 11.3. The largest absolute Gasteiger partial charge is 0.504 e. The smallest absolute Gasteiger partial charge is 0.162 e. The van der Waals surface area contributed by atoms with Crippen LogP contribution in [-0.2, 0) is 4.74 Å². The third-order valence-corrected chi connectivity index (χ3v) is 4.91. The Bertz CT molecular complexity index is 479. The van der Waals surface area contributed by atoms with Gasteiger partial charge in [0, 0.05) is 51.0 Å². The van der Waals surface area contributed by atoms with E-state index in [9.17, 15) is 5.11 Å². The molecule has 3 rings (SSSR count). The molecule has 0 radical (unpaired) electrons. The molecule has 2 aliphatic rings. The Balaban J connectivity index is 1.91. The van der Waals surface area contributed by atoms with Crippen molar-refractivity contribution in [1.29, 1.82) is 0 Å². The number of aromatic hydroxyl groups is 1. The van der Waals surface area contributed by atoms with Crippen LogP contribution in [-0.4, -0.2) is 56.0 Å². The Morgan fingerprint density at radius 1 is 1.30 bits per heavy atom. The molecule has 1 aromatic rings. The van der Waals surface area contributed by atoms with Crippen LogP contribution in [0.3, 0.4) is 0 Å². The van der Waals surface area contributed by atoms with E-state index in [1.54, 1.807) is 0 Å². The summed E-state index contributed by atoms with van der Waals surface area (Å²) in [5.74, 6) is 1.42. The van der Waals surface area contributed by atoms with Gasteiger partial charge < -0.3 is 19.9 Å². The average molecular weight is 320 g/mol. The minimum atomic E-state index is 0.237. The average Bonchev–Trinajstić information content (AvgIpc) is 2.60. The van der Waals surface area contributed by atoms with Crippen molar-refractivity contribution < 1.29 is 14.6 Å². The first-order valence-corrected chi connectivity index (χ1v) is 8.78. The predicted molar refractivity (Wildman–Crippen MR) is 90.0 cm³/mol. The van der Waals surface area contributed by atoms with Crippen molar-refractivity contribution in [3.8, 4) is 11.5 Å². The molecular formula is C18H28N2O3. The summed E-state index contributed by atoms with van der Waals surface area (Å²) < 4.78 is 11.1. The van der Waals surface area contributed by atoms with Crippen molar-refractivity contribution in [3.63, 3.8) is 0 Å². The Labute approximate surface area is 138 Å². The van der Waals surface area contributed by atoms with Crippen LogP contribution in [0.25, 0.3) is 0 Å². The molecule has 2 saturated heterocycles. The number of para-hydroxylation sites is 1. The van der Waals surface area contributed by atoms with Gasteiger partial charge in [0.15, 0.2) is 11.5 Å². The van der Waals surface area contributed by atoms with E-state index in [1.165, 1.54) is 0 Å². The van der Waals surface area contributed by atoms with Gasteiger partial charge in [0.2, 0.25) is 0 Å². The highest BCUT2D eigenvalue weighted by molar-refractivity contribution is 5.47. The highest BCUT2D eigenvalue weighted by Crippen LogP contribution is 2.42. The van der Waals surface area contributed by atoms with Gasteiger partial charge in [-0.25, -0.2) is 0 Å². The van der Waals surface area contributed by atoms with Crippen molar-refractivity contribution in [2.75, 3.05) is 46.0 Å². The Hall–Kier alpha value is -1.30. The maximum absolute atomic E-state index is 10.8. The van der Waals surface area contributed by atoms with Crippen LogP contribution in [0.1, 0.15) is 31.4 Å². The van der Waals surface area contributed by atoms with E-state index < -0.39 is 0 Å². The van der Waals surface area contributed by atoms with Crippen molar-refractivity contribution >= 4 is 0 Å². The van der Waals surface area contributed by atoms with Crippen molar-refractivity contribution in [2.45, 2.75) is 25.8 Å². The molecule has 2 heterocycles. The van der Waals surface area contributed by atoms with Gasteiger partial charge in [-0.3, -0.25) is 4.90 Å². The van der Waals surface area contributed by atoms with Crippen LogP contribution >= 0.6 is 0 Å². The molecule has 128 valence electrons. The number of nitrogens with zero attached hydrogens (tertiary/aromatic N) is 1. The second-order valence-corrected chi connectivity index (χ2v) is 6.31. The number of hydrogen-bond acceptors (Lipinski definition) is 5. The van der Waals surface area contributed by atoms with Crippen molar-refractivity contribution in [1.82, 2.24) is 10.2 Å². The van der Waals surface area contributed by atoms with Gasteiger partial charge in [-0.1, -0.05) is 12.1 Å². The maximum atomic E-state index is 10.8. The first-order valence-electron chi connectivity index (χ1n) is 8.78. The number of phenolic OH excluding ortho intramolecular Hbond substituents is 1. The molecule has 2 N–H and O–H groups in total. The molecule has 5 heteroatoms. The zero-order valence-electron chi connectivity index (χ0n) is 14.0. The van der Waals surface area contributed by atoms with Gasteiger partial charge >= 0.3 is 0 Å². The van der Waals surface area contributed by atoms with Gasteiger partial charge in [-0.05, 0) is 31.7 Å². The summed E-state index contributed by atoms with van der Waals surface area (Å²) in [6.07, 6.45) is 2.10. The topological polar surface area (TPSA) is 54.0 Å². The summed E-state index contributed by atoms with van der Waals surface area (Å²) in [4.78, 5) is 2.51. The second kappa shape index (κ2) is 7.99. The summed E-state index contributed by atoms with van der Waals surface area (Å²) in [6, 6.07) is 6.14. The van der Waals surface area contributed by atoms with Crippen LogP contribution in [0.15, 0.2) is 18.2 Å². The van der Waals surface area contributed by atoms with Gasteiger partial charge in [0.05, 0.1) is 6.61 Å². The van der Waals surface area contributed by atoms with E-state index in [2.05, 4.69) is 16.3 Å². The fourth-order valence-electron chi connectivity index (χ4n) is 3.79. The Kier molecular flexibility index (Phi) is 5.75. The lowest BCUT2D eigenvalue weighted by Gasteiger charge is -2.41. The van der Waals surface area contributed by atoms with Gasteiger partial charge in [-0.15, -0.1) is 0 Å². The third-order valence-electron chi connectivity index (χ3n) is 4.91. The fraction of sp³-hybridized carbons (Fsp3) is 0.667. The highest BCUT2D eigenvalue weighted by Gasteiger charge is 2.33. The molecule has 0 bridgehead atoms. The molecule has 0 saturated carbocycles. The normalized spacial score (nSPS) is 22.0. The molecule has 0 amide bonds.